The third-order valence-electron chi connectivity index (χ3n) is 4.32. The number of carbonyl (C=O) groups excluding carboxylic acids is 1. The van der Waals surface area contributed by atoms with Gasteiger partial charge >= 0.3 is 0 Å². The summed E-state index contributed by atoms with van der Waals surface area (Å²) in [5, 5.41) is 2.93. The lowest BCUT2D eigenvalue weighted by Crippen LogP contribution is -2.24. The van der Waals surface area contributed by atoms with Crippen molar-refractivity contribution in [2.75, 3.05) is 27.9 Å². The first-order valence-corrected chi connectivity index (χ1v) is 9.38. The van der Waals surface area contributed by atoms with E-state index in [-0.39, 0.29) is 12.3 Å². The highest BCUT2D eigenvalue weighted by molar-refractivity contribution is 5.79. The molecule has 0 aliphatic heterocycles. The first-order valence-electron chi connectivity index (χ1n) is 9.38. The Balaban J connectivity index is 1.95. The van der Waals surface area contributed by atoms with Gasteiger partial charge < -0.3 is 24.3 Å². The molecule has 0 saturated carbocycles. The maximum Gasteiger partial charge on any atom is 0.224 e. The Bertz CT molecular complexity index is 776. The lowest BCUT2D eigenvalue weighted by atomic mass is 10.1. The van der Waals surface area contributed by atoms with Crippen molar-refractivity contribution in [2.45, 2.75) is 32.7 Å². The summed E-state index contributed by atoms with van der Waals surface area (Å²) in [4.78, 5) is 12.4. The molecule has 2 rings (SSSR count). The van der Waals surface area contributed by atoms with Crippen LogP contribution in [0.3, 0.4) is 0 Å². The van der Waals surface area contributed by atoms with Crippen LogP contribution in [-0.4, -0.2) is 33.8 Å². The van der Waals surface area contributed by atoms with Gasteiger partial charge in [-0.1, -0.05) is 25.5 Å². The third-order valence-corrected chi connectivity index (χ3v) is 4.32. The van der Waals surface area contributed by atoms with E-state index < -0.39 is 0 Å². The Hall–Kier alpha value is -2.89. The summed E-state index contributed by atoms with van der Waals surface area (Å²) in [6.45, 7) is 3.18. The van der Waals surface area contributed by atoms with Crippen molar-refractivity contribution in [3.63, 3.8) is 0 Å². The highest BCUT2D eigenvalue weighted by Crippen LogP contribution is 2.28. The minimum Gasteiger partial charge on any atom is -0.497 e. The van der Waals surface area contributed by atoms with Crippen LogP contribution in [0.1, 0.15) is 30.9 Å². The molecule has 0 saturated heterocycles. The Morgan fingerprint density at radius 3 is 2.39 bits per heavy atom. The largest absolute Gasteiger partial charge is 0.497 e. The first kappa shape index (κ1) is 21.4. The van der Waals surface area contributed by atoms with E-state index in [1.807, 2.05) is 30.3 Å². The molecule has 2 aromatic carbocycles. The molecule has 0 unspecified atom stereocenters. The summed E-state index contributed by atoms with van der Waals surface area (Å²) in [7, 11) is 4.78. The highest BCUT2D eigenvalue weighted by Gasteiger charge is 2.11. The van der Waals surface area contributed by atoms with E-state index in [1.54, 1.807) is 27.4 Å². The van der Waals surface area contributed by atoms with Gasteiger partial charge in [0.25, 0.3) is 0 Å². The lowest BCUT2D eigenvalue weighted by molar-refractivity contribution is -0.120. The van der Waals surface area contributed by atoms with Gasteiger partial charge in [0.05, 0.1) is 34.4 Å². The molecular formula is C22H29NO5. The van der Waals surface area contributed by atoms with E-state index >= 15 is 0 Å². The number of benzene rings is 2. The SMILES string of the molecule is CCCCOc1ccc(CNC(=O)Cc2ccc(OC)cc2OC)cc1OC. The number of methoxy groups -OCH3 is 3. The molecule has 0 spiro atoms. The normalized spacial score (nSPS) is 10.3. The zero-order valence-corrected chi connectivity index (χ0v) is 17.0. The number of hydrogen-bond donors (Lipinski definition) is 1. The van der Waals surface area contributed by atoms with Crippen LogP contribution in [0, 0.1) is 0 Å². The molecule has 6 nitrogen and oxygen atoms in total. The first-order chi connectivity index (χ1) is 13.6. The Kier molecular flexibility index (Phi) is 8.46. The number of nitrogens with one attached hydrogen (secondary N) is 1. The molecule has 1 amide bonds. The molecule has 0 heterocycles. The molecule has 6 heteroatoms. The average molecular weight is 387 g/mol. The zero-order valence-electron chi connectivity index (χ0n) is 17.0. The molecule has 0 aliphatic carbocycles. The molecule has 0 fully saturated rings. The van der Waals surface area contributed by atoms with Crippen LogP contribution in [0.5, 0.6) is 23.0 Å². The monoisotopic (exact) mass is 387 g/mol. The van der Waals surface area contributed by atoms with Crippen LogP contribution in [0.4, 0.5) is 0 Å². The number of carbonyl (C=O) groups is 1. The van der Waals surface area contributed by atoms with Gasteiger partial charge in [-0.25, -0.2) is 0 Å². The number of rotatable bonds is 11. The van der Waals surface area contributed by atoms with Crippen molar-refractivity contribution < 1.29 is 23.7 Å². The molecule has 0 atom stereocenters. The Morgan fingerprint density at radius 1 is 0.929 bits per heavy atom. The zero-order chi connectivity index (χ0) is 20.4. The minimum atomic E-state index is -0.0919. The van der Waals surface area contributed by atoms with Gasteiger partial charge in [-0.2, -0.15) is 0 Å². The van der Waals surface area contributed by atoms with Crippen LogP contribution in [0.15, 0.2) is 36.4 Å². The molecule has 0 aliphatic rings. The van der Waals surface area contributed by atoms with Gasteiger partial charge in [0.1, 0.15) is 11.5 Å². The number of ether oxygens (including phenoxy) is 4. The molecule has 152 valence electrons. The number of hydrogen-bond acceptors (Lipinski definition) is 5. The van der Waals surface area contributed by atoms with Gasteiger partial charge in [-0.05, 0) is 30.2 Å². The van der Waals surface area contributed by atoms with Gasteiger partial charge in [0, 0.05) is 18.2 Å². The van der Waals surface area contributed by atoms with Crippen LogP contribution in [-0.2, 0) is 17.8 Å². The summed E-state index contributed by atoms with van der Waals surface area (Å²) in [5.74, 6) is 2.61. The van der Waals surface area contributed by atoms with Crippen molar-refractivity contribution in [3.8, 4) is 23.0 Å². The standard InChI is InChI=1S/C22H29NO5/c1-5-6-11-28-19-10-7-16(12-21(19)27-4)15-23-22(24)13-17-8-9-18(25-2)14-20(17)26-3/h7-10,12,14H,5-6,11,13,15H2,1-4H3,(H,23,24). The second-order valence-corrected chi connectivity index (χ2v) is 6.32. The van der Waals surface area contributed by atoms with Crippen molar-refractivity contribution >= 4 is 5.91 Å². The fourth-order valence-corrected chi connectivity index (χ4v) is 2.70. The predicted octanol–water partition coefficient (Wildman–Crippen LogP) is 3.75. The van der Waals surface area contributed by atoms with Crippen LogP contribution in [0.2, 0.25) is 0 Å². The molecule has 0 aromatic heterocycles. The van der Waals surface area contributed by atoms with Gasteiger partial charge in [-0.15, -0.1) is 0 Å². The minimum absolute atomic E-state index is 0.0919. The van der Waals surface area contributed by atoms with E-state index in [0.717, 1.165) is 24.0 Å². The smallest absolute Gasteiger partial charge is 0.224 e. The van der Waals surface area contributed by atoms with E-state index in [4.69, 9.17) is 18.9 Å². The van der Waals surface area contributed by atoms with Crippen molar-refractivity contribution in [2.24, 2.45) is 0 Å². The molecule has 0 radical (unpaired) electrons. The average Bonchev–Trinajstić information content (AvgIpc) is 2.73. The second-order valence-electron chi connectivity index (χ2n) is 6.32. The number of amides is 1. The van der Waals surface area contributed by atoms with E-state index in [2.05, 4.69) is 12.2 Å². The van der Waals surface area contributed by atoms with E-state index in [1.165, 1.54) is 0 Å². The van der Waals surface area contributed by atoms with E-state index in [0.29, 0.717) is 36.1 Å². The maximum absolute atomic E-state index is 12.4. The number of unbranched alkanes of at least 4 members (excludes halogenated alkanes) is 1. The third kappa shape index (κ3) is 6.08. The molecule has 1 N–H and O–H groups in total. The van der Waals surface area contributed by atoms with Gasteiger partial charge in [0.15, 0.2) is 11.5 Å². The summed E-state index contributed by atoms with van der Waals surface area (Å²) in [6.07, 6.45) is 2.30. The Morgan fingerprint density at radius 2 is 1.71 bits per heavy atom. The van der Waals surface area contributed by atoms with Crippen LogP contribution >= 0.6 is 0 Å². The van der Waals surface area contributed by atoms with Crippen LogP contribution in [0.25, 0.3) is 0 Å². The fourth-order valence-electron chi connectivity index (χ4n) is 2.70. The predicted molar refractivity (Wildman–Crippen MR) is 108 cm³/mol. The highest BCUT2D eigenvalue weighted by atomic mass is 16.5. The summed E-state index contributed by atoms with van der Waals surface area (Å²) in [6, 6.07) is 11.1. The fraction of sp³-hybridized carbons (Fsp3) is 0.409. The Labute approximate surface area is 166 Å². The van der Waals surface area contributed by atoms with Gasteiger partial charge in [0.2, 0.25) is 5.91 Å². The lowest BCUT2D eigenvalue weighted by Gasteiger charge is -2.13. The van der Waals surface area contributed by atoms with Crippen molar-refractivity contribution in [3.05, 3.63) is 47.5 Å². The van der Waals surface area contributed by atoms with Crippen LogP contribution < -0.4 is 24.3 Å². The van der Waals surface area contributed by atoms with Gasteiger partial charge in [-0.3, -0.25) is 4.79 Å². The maximum atomic E-state index is 12.4. The molecule has 2 aromatic rings. The molecule has 28 heavy (non-hydrogen) atoms. The topological polar surface area (TPSA) is 66.0 Å². The van der Waals surface area contributed by atoms with E-state index in [9.17, 15) is 4.79 Å². The summed E-state index contributed by atoms with van der Waals surface area (Å²) < 4.78 is 21.7. The molecule has 0 bridgehead atoms. The van der Waals surface area contributed by atoms with Crippen molar-refractivity contribution in [1.82, 2.24) is 5.32 Å². The quantitative estimate of drug-likeness (QED) is 0.595. The molecular weight excluding hydrogens is 358 g/mol. The second kappa shape index (κ2) is 11.1. The summed E-state index contributed by atoms with van der Waals surface area (Å²) in [5.41, 5.74) is 1.74. The summed E-state index contributed by atoms with van der Waals surface area (Å²) >= 11 is 0. The van der Waals surface area contributed by atoms with Crippen molar-refractivity contribution in [1.29, 1.82) is 0 Å².